The van der Waals surface area contributed by atoms with Crippen molar-refractivity contribution >= 4 is 24.2 Å². The molecule has 0 saturated carbocycles. The van der Waals surface area contributed by atoms with E-state index in [1.54, 1.807) is 23.4 Å². The van der Waals surface area contributed by atoms with Gasteiger partial charge in [0, 0.05) is 69.3 Å². The Hall–Kier alpha value is -3.63. The molecule has 2 bridgehead atoms. The lowest BCUT2D eigenvalue weighted by molar-refractivity contribution is -0.134. The number of hydrogen-bond acceptors (Lipinski definition) is 5. The van der Waals surface area contributed by atoms with Crippen LogP contribution >= 0.6 is 0 Å². The molecular formula is C27H40N6O5. The monoisotopic (exact) mass is 528 g/mol. The van der Waals surface area contributed by atoms with Crippen molar-refractivity contribution in [1.82, 2.24) is 29.9 Å². The number of carbonyl (C=O) groups excluding carboxylic acids is 3. The number of nitrogens with one attached hydrogen (secondary N) is 2. The molecule has 3 heterocycles. The summed E-state index contributed by atoms with van der Waals surface area (Å²) in [4.78, 5) is 54.7. The van der Waals surface area contributed by atoms with Gasteiger partial charge in [-0.3, -0.25) is 23.9 Å². The third kappa shape index (κ3) is 7.23. The molecule has 1 aliphatic carbocycles. The van der Waals surface area contributed by atoms with Crippen molar-refractivity contribution in [2.75, 3.05) is 26.2 Å². The summed E-state index contributed by atoms with van der Waals surface area (Å²) in [5.41, 5.74) is 3.14. The van der Waals surface area contributed by atoms with E-state index in [0.29, 0.717) is 69.0 Å². The number of hydrogen-bond donors (Lipinski definition) is 3. The third-order valence-electron chi connectivity index (χ3n) is 7.19. The quantitative estimate of drug-likeness (QED) is 0.520. The average Bonchev–Trinajstić information content (AvgIpc) is 3.53. The van der Waals surface area contributed by atoms with E-state index >= 15 is 0 Å². The maximum Gasteiger partial charge on any atom is 0.290 e. The van der Waals surface area contributed by atoms with Crippen LogP contribution in [0.4, 0.5) is 0 Å². The second-order valence-electron chi connectivity index (χ2n) is 10.3. The molecule has 2 aromatic heterocycles. The van der Waals surface area contributed by atoms with E-state index in [4.69, 9.17) is 9.90 Å². The van der Waals surface area contributed by atoms with E-state index in [9.17, 15) is 14.4 Å². The molecule has 2 aliphatic rings. The fourth-order valence-electron chi connectivity index (χ4n) is 5.20. The number of aryl methyl sites for hydroxylation is 1. The van der Waals surface area contributed by atoms with Crippen LogP contribution in [0.15, 0.2) is 18.5 Å². The largest absolute Gasteiger partial charge is 0.483 e. The maximum absolute atomic E-state index is 13.5. The van der Waals surface area contributed by atoms with Crippen LogP contribution < -0.4 is 5.32 Å². The van der Waals surface area contributed by atoms with E-state index in [-0.39, 0.29) is 30.2 Å². The number of fused-ring (bicyclic) bond motifs is 1. The Balaban J connectivity index is 0.00000127. The van der Waals surface area contributed by atoms with E-state index in [1.807, 2.05) is 16.6 Å². The lowest BCUT2D eigenvalue weighted by atomic mass is 9.89. The highest BCUT2D eigenvalue weighted by molar-refractivity contribution is 5.94. The summed E-state index contributed by atoms with van der Waals surface area (Å²) in [6.45, 7) is 6.29. The summed E-state index contributed by atoms with van der Waals surface area (Å²) in [5, 5.41) is 14.4. The molecule has 3 N–H and O–H groups in total. The Morgan fingerprint density at radius 1 is 1.24 bits per heavy atom. The standard InChI is InChI=1S/C26H38N6O3.CH2O2/c1-18(2)10-15-32-20-7-8-22-21(16-20)24(29-30(22)3)25(34)28-11-5-14-31(13-4-6-23(32)33)26(35)19-9-12-27-17-19;2-1-3/h9,12,17-18,20,27H,4-8,10-11,13-16H2,1-3H3,(H,28,34);1H,(H,2,3). The molecule has 1 unspecified atom stereocenters. The maximum atomic E-state index is 13.5. The van der Waals surface area contributed by atoms with Gasteiger partial charge in [0.1, 0.15) is 0 Å². The van der Waals surface area contributed by atoms with E-state index in [2.05, 4.69) is 29.2 Å². The molecule has 0 aromatic carbocycles. The highest BCUT2D eigenvalue weighted by Crippen LogP contribution is 2.28. The van der Waals surface area contributed by atoms with Crippen LogP contribution in [-0.2, 0) is 29.5 Å². The minimum atomic E-state index is -0.250. The Bertz CT molecular complexity index is 1090. The second kappa shape index (κ2) is 13.8. The van der Waals surface area contributed by atoms with Crippen molar-refractivity contribution in [3.8, 4) is 0 Å². The van der Waals surface area contributed by atoms with E-state index in [0.717, 1.165) is 30.5 Å². The number of H-pyrrole nitrogens is 1. The molecule has 1 atom stereocenters. The molecule has 0 spiro atoms. The highest BCUT2D eigenvalue weighted by Gasteiger charge is 2.33. The highest BCUT2D eigenvalue weighted by atomic mass is 16.3. The smallest absolute Gasteiger partial charge is 0.290 e. The van der Waals surface area contributed by atoms with Crippen molar-refractivity contribution in [1.29, 1.82) is 0 Å². The number of rotatable bonds is 4. The van der Waals surface area contributed by atoms with Crippen LogP contribution in [0.25, 0.3) is 0 Å². The number of carboxylic acid groups (broad SMARTS) is 1. The molecule has 0 saturated heterocycles. The SMILES string of the molecule is CC(C)CCN1C(=O)CCCN(C(=O)c2cc[nH]c2)CCCNC(=O)c2nn(C)c3c2CC1CC3.O=CO. The fourth-order valence-corrected chi connectivity index (χ4v) is 5.20. The Morgan fingerprint density at radius 3 is 2.66 bits per heavy atom. The molecule has 3 amide bonds. The third-order valence-corrected chi connectivity index (χ3v) is 7.19. The molecule has 208 valence electrons. The zero-order valence-electron chi connectivity index (χ0n) is 22.6. The zero-order valence-corrected chi connectivity index (χ0v) is 22.6. The predicted molar refractivity (Wildman–Crippen MR) is 142 cm³/mol. The minimum absolute atomic E-state index is 0.0570. The molecule has 0 fully saturated rings. The van der Waals surface area contributed by atoms with Gasteiger partial charge in [0.15, 0.2) is 5.69 Å². The molecule has 11 nitrogen and oxygen atoms in total. The van der Waals surface area contributed by atoms with Gasteiger partial charge in [-0.25, -0.2) is 0 Å². The van der Waals surface area contributed by atoms with Gasteiger partial charge >= 0.3 is 0 Å². The predicted octanol–water partition coefficient (Wildman–Crippen LogP) is 2.24. The first-order chi connectivity index (χ1) is 18.3. The van der Waals surface area contributed by atoms with Gasteiger partial charge in [0.25, 0.3) is 18.3 Å². The normalized spacial score (nSPS) is 18.7. The molecule has 2 aromatic rings. The minimum Gasteiger partial charge on any atom is -0.483 e. The van der Waals surface area contributed by atoms with Gasteiger partial charge in [0.05, 0.1) is 5.56 Å². The molecule has 4 rings (SSSR count). The van der Waals surface area contributed by atoms with Crippen LogP contribution in [0.5, 0.6) is 0 Å². The number of carbonyl (C=O) groups is 4. The molecule has 0 radical (unpaired) electrons. The molecule has 38 heavy (non-hydrogen) atoms. The van der Waals surface area contributed by atoms with Gasteiger partial charge in [-0.05, 0) is 50.5 Å². The van der Waals surface area contributed by atoms with Gasteiger partial charge in [-0.1, -0.05) is 13.8 Å². The van der Waals surface area contributed by atoms with Crippen molar-refractivity contribution in [2.45, 2.75) is 64.8 Å². The molecule has 11 heteroatoms. The van der Waals surface area contributed by atoms with Crippen LogP contribution in [0.3, 0.4) is 0 Å². The first-order valence-electron chi connectivity index (χ1n) is 13.4. The summed E-state index contributed by atoms with van der Waals surface area (Å²) in [7, 11) is 1.89. The Morgan fingerprint density at radius 2 is 1.97 bits per heavy atom. The summed E-state index contributed by atoms with van der Waals surface area (Å²) < 4.78 is 1.82. The molecule has 1 aliphatic heterocycles. The number of aromatic nitrogens is 3. The lowest BCUT2D eigenvalue weighted by Crippen LogP contribution is -2.45. The summed E-state index contributed by atoms with van der Waals surface area (Å²) in [5.74, 6) is 0.394. The van der Waals surface area contributed by atoms with E-state index in [1.165, 1.54) is 0 Å². The van der Waals surface area contributed by atoms with Crippen LogP contribution in [0.1, 0.15) is 78.1 Å². The van der Waals surface area contributed by atoms with Crippen LogP contribution in [-0.4, -0.2) is 86.1 Å². The first-order valence-corrected chi connectivity index (χ1v) is 13.4. The van der Waals surface area contributed by atoms with Gasteiger partial charge in [-0.15, -0.1) is 0 Å². The summed E-state index contributed by atoms with van der Waals surface area (Å²) in [6, 6.07) is 1.82. The zero-order chi connectivity index (χ0) is 27.7. The number of nitrogens with zero attached hydrogens (tertiary/aromatic N) is 4. The Labute approximate surface area is 223 Å². The van der Waals surface area contributed by atoms with Crippen molar-refractivity contribution in [2.24, 2.45) is 13.0 Å². The fraction of sp³-hybridized carbons (Fsp3) is 0.593. The Kier molecular flexibility index (Phi) is 10.5. The number of amides is 3. The number of aromatic amines is 1. The van der Waals surface area contributed by atoms with Crippen LogP contribution in [0, 0.1) is 5.92 Å². The van der Waals surface area contributed by atoms with Crippen LogP contribution in [0.2, 0.25) is 0 Å². The van der Waals surface area contributed by atoms with Gasteiger partial charge < -0.3 is 25.2 Å². The van der Waals surface area contributed by atoms with Gasteiger partial charge in [-0.2, -0.15) is 5.10 Å². The van der Waals surface area contributed by atoms with Gasteiger partial charge in [0.2, 0.25) is 5.91 Å². The van der Waals surface area contributed by atoms with Crippen molar-refractivity contribution in [3.05, 3.63) is 41.0 Å². The first kappa shape index (κ1) is 28.9. The molecular weight excluding hydrogens is 488 g/mol. The lowest BCUT2D eigenvalue weighted by Gasteiger charge is -2.35. The summed E-state index contributed by atoms with van der Waals surface area (Å²) in [6.07, 6.45) is 8.37. The average molecular weight is 529 g/mol. The summed E-state index contributed by atoms with van der Waals surface area (Å²) >= 11 is 0. The second-order valence-corrected chi connectivity index (χ2v) is 10.3. The van der Waals surface area contributed by atoms with E-state index < -0.39 is 0 Å². The topological polar surface area (TPSA) is 141 Å². The van der Waals surface area contributed by atoms with Crippen molar-refractivity contribution < 1.29 is 24.3 Å². The van der Waals surface area contributed by atoms with Crippen molar-refractivity contribution in [3.63, 3.8) is 0 Å².